The summed E-state index contributed by atoms with van der Waals surface area (Å²) in [4.78, 5) is 39.2. The summed E-state index contributed by atoms with van der Waals surface area (Å²) in [5, 5.41) is 4.59. The van der Waals surface area contributed by atoms with E-state index in [9.17, 15) is 9.59 Å². The van der Waals surface area contributed by atoms with Crippen molar-refractivity contribution in [2.75, 3.05) is 26.2 Å². The Balaban J connectivity index is 1.20. The molecule has 0 radical (unpaired) electrons. The number of carbonyl (C=O) groups excluding carboxylic acids is 1. The third-order valence-corrected chi connectivity index (χ3v) is 7.60. The standard InChI is InChI=1S/C24H25N5O2S2/c1-16(2)17-3-5-18(6-4-17)22-26-20(15-33-22)23(31)28-9-7-27(8-10-28)14-19-13-21(30)29-11-12-32-24(29)25-19/h3-6,11-13,15-16H,7-10,14H2,1-2H3. The molecule has 0 aliphatic carbocycles. The van der Waals surface area contributed by atoms with E-state index < -0.39 is 0 Å². The molecule has 0 atom stereocenters. The summed E-state index contributed by atoms with van der Waals surface area (Å²) in [7, 11) is 0. The zero-order valence-electron chi connectivity index (χ0n) is 18.6. The topological polar surface area (TPSA) is 70.8 Å². The molecule has 1 amide bonds. The first-order valence-electron chi connectivity index (χ1n) is 11.0. The average molecular weight is 480 g/mol. The number of thiazole rings is 2. The second kappa shape index (κ2) is 9.17. The summed E-state index contributed by atoms with van der Waals surface area (Å²) in [6.45, 7) is 7.71. The van der Waals surface area contributed by atoms with Crippen molar-refractivity contribution in [3.05, 3.63) is 74.6 Å². The molecule has 0 unspecified atom stereocenters. The third-order valence-electron chi connectivity index (χ3n) is 5.95. The summed E-state index contributed by atoms with van der Waals surface area (Å²) in [5.74, 6) is 0.467. The van der Waals surface area contributed by atoms with Gasteiger partial charge in [0, 0.05) is 61.3 Å². The maximum Gasteiger partial charge on any atom is 0.273 e. The van der Waals surface area contributed by atoms with E-state index in [2.05, 4.69) is 53.0 Å². The number of benzene rings is 1. The highest BCUT2D eigenvalue weighted by atomic mass is 32.1. The van der Waals surface area contributed by atoms with Crippen molar-refractivity contribution in [2.24, 2.45) is 0 Å². The molecule has 1 fully saturated rings. The fraction of sp³-hybridized carbons (Fsp3) is 0.333. The molecule has 5 rings (SSSR count). The van der Waals surface area contributed by atoms with Gasteiger partial charge in [-0.3, -0.25) is 18.9 Å². The van der Waals surface area contributed by atoms with Gasteiger partial charge >= 0.3 is 0 Å². The zero-order chi connectivity index (χ0) is 22.9. The van der Waals surface area contributed by atoms with Crippen LogP contribution in [0.15, 0.2) is 52.1 Å². The molecule has 0 saturated carbocycles. The molecule has 33 heavy (non-hydrogen) atoms. The fourth-order valence-corrected chi connectivity index (χ4v) is 5.52. The second-order valence-electron chi connectivity index (χ2n) is 8.52. The van der Waals surface area contributed by atoms with Gasteiger partial charge in [-0.05, 0) is 11.5 Å². The average Bonchev–Trinajstić information content (AvgIpc) is 3.49. The molecule has 3 aromatic heterocycles. The predicted octanol–water partition coefficient (Wildman–Crippen LogP) is 3.96. The number of hydrogen-bond acceptors (Lipinski definition) is 7. The minimum atomic E-state index is -0.0526. The van der Waals surface area contributed by atoms with Crippen LogP contribution in [-0.2, 0) is 6.54 Å². The van der Waals surface area contributed by atoms with E-state index in [0.29, 0.717) is 36.2 Å². The number of amides is 1. The minimum absolute atomic E-state index is 0.0210. The highest BCUT2D eigenvalue weighted by molar-refractivity contribution is 7.15. The number of nitrogens with zero attached hydrogens (tertiary/aromatic N) is 5. The van der Waals surface area contributed by atoms with Crippen molar-refractivity contribution in [1.29, 1.82) is 0 Å². The molecule has 4 aromatic rings. The maximum absolute atomic E-state index is 13.0. The van der Waals surface area contributed by atoms with Crippen LogP contribution in [0.4, 0.5) is 0 Å². The van der Waals surface area contributed by atoms with E-state index in [0.717, 1.165) is 29.4 Å². The fourth-order valence-electron chi connectivity index (χ4n) is 3.98. The Morgan fingerprint density at radius 3 is 2.55 bits per heavy atom. The van der Waals surface area contributed by atoms with Crippen LogP contribution in [0.5, 0.6) is 0 Å². The highest BCUT2D eigenvalue weighted by Crippen LogP contribution is 2.26. The molecule has 0 bridgehead atoms. The first-order valence-corrected chi connectivity index (χ1v) is 12.8. The predicted molar refractivity (Wildman–Crippen MR) is 132 cm³/mol. The van der Waals surface area contributed by atoms with Crippen LogP contribution in [0.25, 0.3) is 15.5 Å². The molecule has 1 aromatic carbocycles. The number of rotatable bonds is 5. The molecular formula is C24H25N5O2S2. The lowest BCUT2D eigenvalue weighted by Crippen LogP contribution is -2.48. The van der Waals surface area contributed by atoms with Gasteiger partial charge in [-0.15, -0.1) is 22.7 Å². The van der Waals surface area contributed by atoms with Crippen LogP contribution >= 0.6 is 22.7 Å². The second-order valence-corrected chi connectivity index (χ2v) is 10.3. The van der Waals surface area contributed by atoms with Crippen LogP contribution in [0, 0.1) is 0 Å². The Morgan fingerprint density at radius 2 is 1.82 bits per heavy atom. The van der Waals surface area contributed by atoms with Crippen molar-refractivity contribution in [3.63, 3.8) is 0 Å². The van der Waals surface area contributed by atoms with Gasteiger partial charge in [-0.1, -0.05) is 38.1 Å². The minimum Gasteiger partial charge on any atom is -0.335 e. The Labute approximate surface area is 200 Å². The van der Waals surface area contributed by atoms with Gasteiger partial charge in [0.25, 0.3) is 11.5 Å². The third kappa shape index (κ3) is 4.62. The molecule has 1 aliphatic heterocycles. The van der Waals surface area contributed by atoms with E-state index in [4.69, 9.17) is 0 Å². The molecule has 1 aliphatic rings. The lowest BCUT2D eigenvalue weighted by molar-refractivity contribution is 0.0622. The molecule has 0 spiro atoms. The number of fused-ring (bicyclic) bond motifs is 1. The monoisotopic (exact) mass is 479 g/mol. The first kappa shape index (κ1) is 21.9. The van der Waals surface area contributed by atoms with E-state index in [1.807, 2.05) is 15.7 Å². The largest absolute Gasteiger partial charge is 0.335 e. The van der Waals surface area contributed by atoms with E-state index in [1.165, 1.54) is 28.2 Å². The van der Waals surface area contributed by atoms with E-state index in [1.54, 1.807) is 16.7 Å². The Hall–Kier alpha value is -2.88. The van der Waals surface area contributed by atoms with Crippen molar-refractivity contribution in [1.82, 2.24) is 24.2 Å². The maximum atomic E-state index is 13.0. The quantitative estimate of drug-likeness (QED) is 0.433. The van der Waals surface area contributed by atoms with Crippen molar-refractivity contribution in [2.45, 2.75) is 26.3 Å². The lowest BCUT2D eigenvalue weighted by Gasteiger charge is -2.34. The van der Waals surface area contributed by atoms with Gasteiger partial charge in [0.05, 0.1) is 5.69 Å². The Morgan fingerprint density at radius 1 is 1.06 bits per heavy atom. The lowest BCUT2D eigenvalue weighted by atomic mass is 10.0. The first-order chi connectivity index (χ1) is 16.0. The highest BCUT2D eigenvalue weighted by Gasteiger charge is 2.24. The molecule has 4 heterocycles. The van der Waals surface area contributed by atoms with Gasteiger partial charge in [-0.25, -0.2) is 9.97 Å². The molecule has 0 N–H and O–H groups in total. The molecular weight excluding hydrogens is 454 g/mol. The van der Waals surface area contributed by atoms with E-state index >= 15 is 0 Å². The molecule has 7 nitrogen and oxygen atoms in total. The van der Waals surface area contributed by atoms with Crippen molar-refractivity contribution < 1.29 is 4.79 Å². The summed E-state index contributed by atoms with van der Waals surface area (Å²) < 4.78 is 1.56. The van der Waals surface area contributed by atoms with Crippen LogP contribution in [0.1, 0.15) is 41.5 Å². The van der Waals surface area contributed by atoms with Crippen molar-refractivity contribution in [3.8, 4) is 10.6 Å². The number of piperazine rings is 1. The smallest absolute Gasteiger partial charge is 0.273 e. The number of aromatic nitrogens is 3. The van der Waals surface area contributed by atoms with Gasteiger partial charge in [-0.2, -0.15) is 0 Å². The Kier molecular flexibility index (Phi) is 6.09. The van der Waals surface area contributed by atoms with Crippen molar-refractivity contribution >= 4 is 33.5 Å². The molecule has 1 saturated heterocycles. The van der Waals surface area contributed by atoms with Crippen LogP contribution < -0.4 is 5.56 Å². The van der Waals surface area contributed by atoms with Gasteiger partial charge in [0.2, 0.25) is 0 Å². The summed E-state index contributed by atoms with van der Waals surface area (Å²) >= 11 is 2.96. The normalized spacial score (nSPS) is 14.9. The van der Waals surface area contributed by atoms with Crippen LogP contribution in [0.3, 0.4) is 0 Å². The van der Waals surface area contributed by atoms with Gasteiger partial charge < -0.3 is 4.90 Å². The zero-order valence-corrected chi connectivity index (χ0v) is 20.2. The molecule has 9 heteroatoms. The Bertz CT molecular complexity index is 1330. The molecule has 170 valence electrons. The van der Waals surface area contributed by atoms with Crippen LogP contribution in [-0.4, -0.2) is 56.3 Å². The summed E-state index contributed by atoms with van der Waals surface area (Å²) in [6, 6.07) is 10.0. The number of carbonyl (C=O) groups is 1. The summed E-state index contributed by atoms with van der Waals surface area (Å²) in [5.41, 5.74) is 3.56. The van der Waals surface area contributed by atoms with E-state index in [-0.39, 0.29) is 11.5 Å². The SMILES string of the molecule is CC(C)c1ccc(-c2nc(C(=O)N3CCN(Cc4cc(=O)n5ccsc5n4)CC3)cs2)cc1. The van der Waals surface area contributed by atoms with Gasteiger partial charge in [0.15, 0.2) is 4.96 Å². The van der Waals surface area contributed by atoms with Gasteiger partial charge in [0.1, 0.15) is 10.7 Å². The van der Waals surface area contributed by atoms with Crippen LogP contribution in [0.2, 0.25) is 0 Å². The summed E-state index contributed by atoms with van der Waals surface area (Å²) in [6.07, 6.45) is 1.74. The number of hydrogen-bond donors (Lipinski definition) is 0.